The lowest BCUT2D eigenvalue weighted by Crippen LogP contribution is -2.37. The lowest BCUT2D eigenvalue weighted by molar-refractivity contribution is 0.0986. The van der Waals surface area contributed by atoms with Gasteiger partial charge in [0.05, 0.1) is 15.1 Å². The van der Waals surface area contributed by atoms with Crippen LogP contribution in [0, 0.1) is 25.7 Å². The molecule has 216 valence electrons. The number of hydrogen-bond donors (Lipinski definition) is 0. The van der Waals surface area contributed by atoms with Crippen molar-refractivity contribution in [3.8, 4) is 0 Å². The average Bonchev–Trinajstić information content (AvgIpc) is 3.24. The van der Waals surface area contributed by atoms with Gasteiger partial charge >= 0.3 is 0 Å². The van der Waals surface area contributed by atoms with Gasteiger partial charge in [0.25, 0.3) is 5.91 Å². The number of thiazole rings is 1. The van der Waals surface area contributed by atoms with Gasteiger partial charge in [-0.05, 0) is 94.2 Å². The third kappa shape index (κ3) is 8.47. The largest absolute Gasteiger partial charge is 0.309 e. The van der Waals surface area contributed by atoms with E-state index in [0.29, 0.717) is 30.3 Å². The first-order chi connectivity index (χ1) is 17.8. The van der Waals surface area contributed by atoms with Crippen molar-refractivity contribution < 1.29 is 13.2 Å². The fourth-order valence-corrected chi connectivity index (χ4v) is 7.40. The number of amides is 1. The molecule has 39 heavy (non-hydrogen) atoms. The van der Waals surface area contributed by atoms with E-state index in [4.69, 9.17) is 4.98 Å². The van der Waals surface area contributed by atoms with Crippen molar-refractivity contribution in [2.75, 3.05) is 45.2 Å². The van der Waals surface area contributed by atoms with Crippen LogP contribution in [0.15, 0.2) is 41.3 Å². The van der Waals surface area contributed by atoms with Gasteiger partial charge in [0, 0.05) is 25.2 Å². The number of rotatable bonds is 12. The van der Waals surface area contributed by atoms with Gasteiger partial charge in [-0.2, -0.15) is 4.31 Å². The Hall–Kier alpha value is -2.04. The van der Waals surface area contributed by atoms with Gasteiger partial charge in [-0.1, -0.05) is 45.1 Å². The average molecular weight is 595 g/mol. The van der Waals surface area contributed by atoms with E-state index in [-0.39, 0.29) is 35.0 Å². The molecule has 1 amide bonds. The number of anilines is 1. The first-order valence-electron chi connectivity index (χ1n) is 13.2. The van der Waals surface area contributed by atoms with Gasteiger partial charge in [-0.15, -0.1) is 12.4 Å². The molecule has 0 bridgehead atoms. The molecule has 0 unspecified atom stereocenters. The molecule has 0 aliphatic rings. The summed E-state index contributed by atoms with van der Waals surface area (Å²) in [6, 6.07) is 10.6. The van der Waals surface area contributed by atoms with Crippen LogP contribution in [0.25, 0.3) is 10.2 Å². The second kappa shape index (κ2) is 14.0. The number of aromatic nitrogens is 1. The summed E-state index contributed by atoms with van der Waals surface area (Å²) in [4.78, 5) is 22.6. The molecule has 0 fully saturated rings. The van der Waals surface area contributed by atoms with E-state index in [0.717, 1.165) is 34.3 Å². The van der Waals surface area contributed by atoms with E-state index in [9.17, 15) is 13.2 Å². The number of aryl methyl sites for hydroxylation is 2. The molecule has 0 N–H and O–H groups in total. The van der Waals surface area contributed by atoms with Gasteiger partial charge in [0.1, 0.15) is 0 Å². The predicted octanol–water partition coefficient (Wildman–Crippen LogP) is 6.24. The van der Waals surface area contributed by atoms with Crippen LogP contribution in [0.1, 0.15) is 55.6 Å². The van der Waals surface area contributed by atoms with Crippen LogP contribution in [-0.2, 0) is 10.0 Å². The highest BCUT2D eigenvalue weighted by molar-refractivity contribution is 7.89. The Labute approximate surface area is 244 Å². The normalized spacial score (nSPS) is 12.1. The van der Waals surface area contributed by atoms with Crippen LogP contribution in [0.5, 0.6) is 0 Å². The third-order valence-electron chi connectivity index (χ3n) is 6.16. The zero-order valence-corrected chi connectivity index (χ0v) is 26.8. The monoisotopic (exact) mass is 594 g/mol. The summed E-state index contributed by atoms with van der Waals surface area (Å²) in [6.07, 6.45) is 0.790. The summed E-state index contributed by atoms with van der Waals surface area (Å²) in [5, 5.41) is 0.661. The molecule has 0 saturated carbocycles. The highest BCUT2D eigenvalue weighted by atomic mass is 35.5. The van der Waals surface area contributed by atoms with Crippen LogP contribution in [-0.4, -0.2) is 68.8 Å². The van der Waals surface area contributed by atoms with Gasteiger partial charge in [0.2, 0.25) is 10.0 Å². The molecule has 0 atom stereocenters. The summed E-state index contributed by atoms with van der Waals surface area (Å²) in [5.41, 5.74) is 3.61. The van der Waals surface area contributed by atoms with Crippen molar-refractivity contribution >= 4 is 55.0 Å². The molecule has 0 aliphatic carbocycles. The zero-order valence-electron chi connectivity index (χ0n) is 24.4. The van der Waals surface area contributed by atoms with Crippen molar-refractivity contribution in [2.45, 2.75) is 52.9 Å². The Kier molecular flexibility index (Phi) is 11.9. The maximum absolute atomic E-state index is 13.8. The van der Waals surface area contributed by atoms with Gasteiger partial charge in [0.15, 0.2) is 5.13 Å². The topological polar surface area (TPSA) is 73.8 Å². The first-order valence-corrected chi connectivity index (χ1v) is 15.5. The molecule has 0 saturated heterocycles. The maximum Gasteiger partial charge on any atom is 0.260 e. The standard InChI is InChI=1S/C29H42N4O3S2.ClH/c1-20(2)18-32(19-21(3)4)38(35,36)25-12-10-24(11-13-25)28(34)33(15-9-14-31(7)8)29-30-27-23(6)16-22(5)17-26(27)37-29;/h10-13,16-17,20-21H,9,14-15,18-19H2,1-8H3;1H. The number of carbonyl (C=O) groups is 1. The molecular formula is C29H43ClN4O3S2. The number of fused-ring (bicyclic) bond motifs is 1. The summed E-state index contributed by atoms with van der Waals surface area (Å²) < 4.78 is 29.5. The number of hydrogen-bond acceptors (Lipinski definition) is 6. The van der Waals surface area contributed by atoms with Gasteiger partial charge in [-0.3, -0.25) is 9.69 Å². The smallest absolute Gasteiger partial charge is 0.260 e. The Balaban J connectivity index is 0.00000533. The zero-order chi connectivity index (χ0) is 28.2. The van der Waals surface area contributed by atoms with Crippen molar-refractivity contribution in [3.63, 3.8) is 0 Å². The predicted molar refractivity (Wildman–Crippen MR) is 166 cm³/mol. The number of benzene rings is 2. The Morgan fingerprint density at radius 1 is 0.949 bits per heavy atom. The van der Waals surface area contributed by atoms with E-state index in [2.05, 4.69) is 24.0 Å². The summed E-state index contributed by atoms with van der Waals surface area (Å²) >= 11 is 1.52. The van der Waals surface area contributed by atoms with Crippen LogP contribution in [0.3, 0.4) is 0 Å². The van der Waals surface area contributed by atoms with Gasteiger partial charge in [-0.25, -0.2) is 13.4 Å². The molecular weight excluding hydrogens is 552 g/mol. The fourth-order valence-electron chi connectivity index (χ4n) is 4.46. The minimum Gasteiger partial charge on any atom is -0.309 e. The molecule has 7 nitrogen and oxygen atoms in total. The van der Waals surface area contributed by atoms with E-state index < -0.39 is 10.0 Å². The highest BCUT2D eigenvalue weighted by Gasteiger charge is 2.27. The van der Waals surface area contributed by atoms with Gasteiger partial charge < -0.3 is 4.90 Å². The molecule has 3 rings (SSSR count). The first kappa shape index (κ1) is 33.2. The molecule has 1 heterocycles. The molecule has 2 aromatic carbocycles. The lowest BCUT2D eigenvalue weighted by atomic mass is 10.1. The number of carbonyl (C=O) groups excluding carboxylic acids is 1. The van der Waals surface area contributed by atoms with E-state index in [1.807, 2.05) is 48.7 Å². The minimum absolute atomic E-state index is 0. The van der Waals surface area contributed by atoms with E-state index in [1.165, 1.54) is 11.3 Å². The van der Waals surface area contributed by atoms with Crippen LogP contribution < -0.4 is 4.90 Å². The second-order valence-electron chi connectivity index (χ2n) is 11.2. The Morgan fingerprint density at radius 3 is 2.08 bits per heavy atom. The molecule has 3 aromatic rings. The minimum atomic E-state index is -3.66. The van der Waals surface area contributed by atoms with Crippen LogP contribution in [0.4, 0.5) is 5.13 Å². The quantitative estimate of drug-likeness (QED) is 0.248. The van der Waals surface area contributed by atoms with Crippen LogP contribution >= 0.6 is 23.7 Å². The molecule has 0 aliphatic heterocycles. The number of halogens is 1. The molecule has 0 spiro atoms. The molecule has 0 radical (unpaired) electrons. The lowest BCUT2D eigenvalue weighted by Gasteiger charge is -2.26. The number of nitrogens with zero attached hydrogens (tertiary/aromatic N) is 4. The van der Waals surface area contributed by atoms with Crippen molar-refractivity contribution in [2.24, 2.45) is 11.8 Å². The Morgan fingerprint density at radius 2 is 1.54 bits per heavy atom. The third-order valence-corrected chi connectivity index (χ3v) is 9.03. The number of sulfonamides is 1. The van der Waals surface area contributed by atoms with Crippen molar-refractivity contribution in [1.29, 1.82) is 0 Å². The summed E-state index contributed by atoms with van der Waals surface area (Å²) in [5.74, 6) is 0.241. The highest BCUT2D eigenvalue weighted by Crippen LogP contribution is 2.33. The van der Waals surface area contributed by atoms with E-state index in [1.54, 1.807) is 33.5 Å². The molecule has 1 aromatic heterocycles. The van der Waals surface area contributed by atoms with Crippen LogP contribution in [0.2, 0.25) is 0 Å². The maximum atomic E-state index is 13.8. The Bertz CT molecular complexity index is 1340. The fraction of sp³-hybridized carbons (Fsp3) is 0.517. The van der Waals surface area contributed by atoms with Crippen molar-refractivity contribution in [1.82, 2.24) is 14.2 Å². The van der Waals surface area contributed by atoms with E-state index >= 15 is 0 Å². The summed E-state index contributed by atoms with van der Waals surface area (Å²) in [6.45, 7) is 14.4. The summed E-state index contributed by atoms with van der Waals surface area (Å²) in [7, 11) is 0.359. The van der Waals surface area contributed by atoms with Crippen molar-refractivity contribution in [3.05, 3.63) is 53.1 Å². The SMILES string of the molecule is Cc1cc(C)c2nc(N(CCCN(C)C)C(=O)c3ccc(S(=O)(=O)N(CC(C)C)CC(C)C)cc3)sc2c1.Cl. The molecule has 10 heteroatoms. The second-order valence-corrected chi connectivity index (χ2v) is 14.1.